The Morgan fingerprint density at radius 3 is 1.85 bits per heavy atom. The van der Waals surface area contributed by atoms with E-state index < -0.39 is 32.3 Å². The van der Waals surface area contributed by atoms with E-state index in [-0.39, 0.29) is 10.5 Å². The van der Waals surface area contributed by atoms with Crippen LogP contribution in [0.25, 0.3) is 0 Å². The Morgan fingerprint density at radius 2 is 1.40 bits per heavy atom. The number of rotatable bonds is 3. The van der Waals surface area contributed by atoms with Crippen LogP contribution in [0, 0.1) is 11.6 Å². The first-order chi connectivity index (χ1) is 9.30. The zero-order chi connectivity index (χ0) is 14.9. The predicted molar refractivity (Wildman–Crippen MR) is 66.8 cm³/mol. The Bertz CT molecular complexity index is 750. The first kappa shape index (κ1) is 14.1. The lowest BCUT2D eigenvalue weighted by Crippen LogP contribution is -2.11. The van der Waals surface area contributed by atoms with E-state index in [1.807, 2.05) is 0 Å². The Kier molecular flexibility index (Phi) is 3.54. The maximum atomic E-state index is 13.1. The minimum Gasteiger partial charge on any atom is -0.366 e. The first-order valence-corrected chi connectivity index (χ1v) is 6.90. The van der Waals surface area contributed by atoms with Gasteiger partial charge in [-0.05, 0) is 36.4 Å². The van der Waals surface area contributed by atoms with E-state index in [1.165, 1.54) is 12.1 Å². The van der Waals surface area contributed by atoms with Crippen LogP contribution in [0.4, 0.5) is 8.78 Å². The van der Waals surface area contributed by atoms with Crippen LogP contribution in [-0.2, 0) is 9.84 Å². The molecule has 0 aliphatic heterocycles. The molecule has 0 heterocycles. The second-order valence-electron chi connectivity index (χ2n) is 4.00. The van der Waals surface area contributed by atoms with Crippen molar-refractivity contribution in [2.45, 2.75) is 9.79 Å². The van der Waals surface area contributed by atoms with Crippen LogP contribution in [0.15, 0.2) is 52.3 Å². The van der Waals surface area contributed by atoms with E-state index in [0.29, 0.717) is 6.07 Å². The molecule has 0 fully saturated rings. The van der Waals surface area contributed by atoms with Crippen LogP contribution in [0.3, 0.4) is 0 Å². The molecule has 1 amide bonds. The molecule has 104 valence electrons. The average molecular weight is 297 g/mol. The number of carbonyl (C=O) groups excluding carboxylic acids is 1. The van der Waals surface area contributed by atoms with Crippen molar-refractivity contribution in [2.75, 3.05) is 0 Å². The maximum absolute atomic E-state index is 13.1. The summed E-state index contributed by atoms with van der Waals surface area (Å²) in [6, 6.07) is 6.78. The van der Waals surface area contributed by atoms with Crippen LogP contribution in [0.1, 0.15) is 10.4 Å². The van der Waals surface area contributed by atoms with Crippen LogP contribution in [0.2, 0.25) is 0 Å². The quantitative estimate of drug-likeness (QED) is 0.940. The summed E-state index contributed by atoms with van der Waals surface area (Å²) >= 11 is 0. The topological polar surface area (TPSA) is 77.2 Å². The fourth-order valence-corrected chi connectivity index (χ4v) is 2.92. The van der Waals surface area contributed by atoms with Gasteiger partial charge in [0, 0.05) is 11.6 Å². The van der Waals surface area contributed by atoms with Crippen molar-refractivity contribution in [2.24, 2.45) is 5.73 Å². The van der Waals surface area contributed by atoms with Crippen molar-refractivity contribution in [1.82, 2.24) is 0 Å². The molecule has 0 saturated heterocycles. The lowest BCUT2D eigenvalue weighted by molar-refractivity contribution is 0.1000. The Hall–Kier alpha value is -2.28. The highest BCUT2D eigenvalue weighted by Crippen LogP contribution is 2.22. The van der Waals surface area contributed by atoms with Crippen molar-refractivity contribution >= 4 is 15.7 Å². The molecular weight excluding hydrogens is 288 g/mol. The SMILES string of the molecule is NC(=O)c1ccc(S(=O)(=O)c2cc(F)cc(F)c2)cc1. The monoisotopic (exact) mass is 297 g/mol. The molecule has 7 heteroatoms. The first-order valence-electron chi connectivity index (χ1n) is 5.42. The average Bonchev–Trinajstić information content (AvgIpc) is 2.37. The van der Waals surface area contributed by atoms with E-state index >= 15 is 0 Å². The van der Waals surface area contributed by atoms with Gasteiger partial charge < -0.3 is 5.73 Å². The lowest BCUT2D eigenvalue weighted by atomic mass is 10.2. The molecule has 4 nitrogen and oxygen atoms in total. The zero-order valence-corrected chi connectivity index (χ0v) is 10.8. The number of halogens is 2. The summed E-state index contributed by atoms with van der Waals surface area (Å²) in [6.45, 7) is 0. The summed E-state index contributed by atoms with van der Waals surface area (Å²) in [7, 11) is -4.06. The van der Waals surface area contributed by atoms with Gasteiger partial charge in [-0.15, -0.1) is 0 Å². The van der Waals surface area contributed by atoms with Gasteiger partial charge in [0.15, 0.2) is 0 Å². The van der Waals surface area contributed by atoms with E-state index in [1.54, 1.807) is 0 Å². The summed E-state index contributed by atoms with van der Waals surface area (Å²) in [6.07, 6.45) is 0. The van der Waals surface area contributed by atoms with Crippen molar-refractivity contribution in [1.29, 1.82) is 0 Å². The molecule has 0 bridgehead atoms. The fraction of sp³-hybridized carbons (Fsp3) is 0. The highest BCUT2D eigenvalue weighted by molar-refractivity contribution is 7.91. The predicted octanol–water partition coefficient (Wildman–Crippen LogP) is 1.90. The molecule has 0 aromatic heterocycles. The van der Waals surface area contributed by atoms with Crippen LogP contribution in [0.5, 0.6) is 0 Å². The summed E-state index contributed by atoms with van der Waals surface area (Å²) in [5.41, 5.74) is 5.17. The molecule has 0 radical (unpaired) electrons. The number of primary amides is 1. The normalized spacial score (nSPS) is 11.3. The van der Waals surface area contributed by atoms with Gasteiger partial charge in [0.25, 0.3) is 0 Å². The van der Waals surface area contributed by atoms with Crippen LogP contribution < -0.4 is 5.73 Å². The molecule has 2 rings (SSSR count). The Labute approximate surface area is 113 Å². The van der Waals surface area contributed by atoms with Gasteiger partial charge in [0.1, 0.15) is 11.6 Å². The fourth-order valence-electron chi connectivity index (χ4n) is 1.62. The van der Waals surface area contributed by atoms with Gasteiger partial charge in [-0.2, -0.15) is 0 Å². The third kappa shape index (κ3) is 2.67. The summed E-state index contributed by atoms with van der Waals surface area (Å²) in [4.78, 5) is 10.2. The summed E-state index contributed by atoms with van der Waals surface area (Å²) < 4.78 is 50.5. The smallest absolute Gasteiger partial charge is 0.248 e. The molecule has 0 atom stereocenters. The van der Waals surface area contributed by atoms with Crippen molar-refractivity contribution in [3.63, 3.8) is 0 Å². The number of sulfone groups is 1. The van der Waals surface area contributed by atoms with Crippen molar-refractivity contribution in [3.05, 3.63) is 59.7 Å². The molecule has 0 aliphatic rings. The highest BCUT2D eigenvalue weighted by atomic mass is 32.2. The molecule has 0 saturated carbocycles. The van der Waals surface area contributed by atoms with Crippen LogP contribution in [-0.4, -0.2) is 14.3 Å². The minimum atomic E-state index is -4.06. The van der Waals surface area contributed by atoms with Gasteiger partial charge in [-0.25, -0.2) is 17.2 Å². The van der Waals surface area contributed by atoms with Gasteiger partial charge in [-0.3, -0.25) is 4.79 Å². The molecule has 2 aromatic rings. The van der Waals surface area contributed by atoms with Crippen molar-refractivity contribution in [3.8, 4) is 0 Å². The van der Waals surface area contributed by atoms with E-state index in [0.717, 1.165) is 24.3 Å². The third-order valence-corrected chi connectivity index (χ3v) is 4.34. The van der Waals surface area contributed by atoms with E-state index in [9.17, 15) is 22.0 Å². The van der Waals surface area contributed by atoms with Crippen molar-refractivity contribution < 1.29 is 22.0 Å². The molecule has 0 unspecified atom stereocenters. The number of hydrogen-bond donors (Lipinski definition) is 1. The summed E-state index contributed by atoms with van der Waals surface area (Å²) in [5.74, 6) is -2.68. The van der Waals surface area contributed by atoms with Gasteiger partial charge in [0.05, 0.1) is 9.79 Å². The summed E-state index contributed by atoms with van der Waals surface area (Å²) in [5, 5.41) is 0. The molecule has 0 spiro atoms. The molecule has 2 aromatic carbocycles. The minimum absolute atomic E-state index is 0.134. The zero-order valence-electron chi connectivity index (χ0n) is 10.0. The standard InChI is InChI=1S/C13H9F2NO3S/c14-9-5-10(15)7-12(6-9)20(18,19)11-3-1-8(2-4-11)13(16)17/h1-7H,(H2,16,17). The van der Waals surface area contributed by atoms with Gasteiger partial charge in [0.2, 0.25) is 15.7 Å². The second kappa shape index (κ2) is 5.01. The number of benzene rings is 2. The molecule has 20 heavy (non-hydrogen) atoms. The second-order valence-corrected chi connectivity index (χ2v) is 5.95. The molecule has 0 aliphatic carbocycles. The maximum Gasteiger partial charge on any atom is 0.248 e. The van der Waals surface area contributed by atoms with Gasteiger partial charge >= 0.3 is 0 Å². The van der Waals surface area contributed by atoms with E-state index in [2.05, 4.69) is 0 Å². The van der Waals surface area contributed by atoms with Gasteiger partial charge in [-0.1, -0.05) is 0 Å². The van der Waals surface area contributed by atoms with Crippen LogP contribution >= 0.6 is 0 Å². The lowest BCUT2D eigenvalue weighted by Gasteiger charge is -2.05. The number of hydrogen-bond acceptors (Lipinski definition) is 3. The number of nitrogens with two attached hydrogens (primary N) is 1. The molecule has 2 N–H and O–H groups in total. The Morgan fingerprint density at radius 1 is 0.900 bits per heavy atom. The third-order valence-electron chi connectivity index (χ3n) is 2.60. The largest absolute Gasteiger partial charge is 0.366 e. The molecular formula is C13H9F2NO3S. The number of amides is 1. The Balaban J connectivity index is 2.51. The highest BCUT2D eigenvalue weighted by Gasteiger charge is 2.19. The van der Waals surface area contributed by atoms with E-state index in [4.69, 9.17) is 5.73 Å². The number of carbonyl (C=O) groups is 1.